The highest BCUT2D eigenvalue weighted by Crippen LogP contribution is 2.42. The minimum absolute atomic E-state index is 0.231. The van der Waals surface area contributed by atoms with Gasteiger partial charge in [0.25, 0.3) is 0 Å². The van der Waals surface area contributed by atoms with Gasteiger partial charge in [-0.2, -0.15) is 0 Å². The molecule has 0 aromatic heterocycles. The van der Waals surface area contributed by atoms with Crippen LogP contribution in [0.5, 0.6) is 0 Å². The molecule has 2 aliphatic heterocycles. The smallest absolute Gasteiger partial charge is 0.0704 e. The van der Waals surface area contributed by atoms with E-state index in [4.69, 9.17) is 10.5 Å². The molecular weight excluding hydrogens is 200 g/mol. The molecule has 16 heavy (non-hydrogen) atoms. The Kier molecular flexibility index (Phi) is 3.06. The SMILES string of the molecule is C[C@@H]1OCC2(CCN(C(C)(C)C)CC2)[C@@H]1N. The average molecular weight is 226 g/mol. The molecule has 0 saturated carbocycles. The Balaban J connectivity index is 2.00. The second kappa shape index (κ2) is 3.97. The molecular formula is C13H26N2O. The molecule has 0 aromatic rings. The van der Waals surface area contributed by atoms with Crippen LogP contribution in [0.15, 0.2) is 0 Å². The van der Waals surface area contributed by atoms with Gasteiger partial charge in [0.15, 0.2) is 0 Å². The third kappa shape index (κ3) is 2.01. The maximum absolute atomic E-state index is 6.30. The summed E-state index contributed by atoms with van der Waals surface area (Å²) in [5, 5.41) is 0. The van der Waals surface area contributed by atoms with Gasteiger partial charge < -0.3 is 10.5 Å². The molecule has 0 bridgehead atoms. The van der Waals surface area contributed by atoms with Gasteiger partial charge in [0.2, 0.25) is 0 Å². The molecule has 2 saturated heterocycles. The molecule has 0 unspecified atom stereocenters. The maximum atomic E-state index is 6.30. The molecule has 2 N–H and O–H groups in total. The van der Waals surface area contributed by atoms with Crippen LogP contribution in [0.1, 0.15) is 40.5 Å². The van der Waals surface area contributed by atoms with E-state index in [1.807, 2.05) is 0 Å². The predicted octanol–water partition coefficient (Wildman–Crippen LogP) is 1.61. The minimum Gasteiger partial charge on any atom is -0.376 e. The number of rotatable bonds is 0. The van der Waals surface area contributed by atoms with Gasteiger partial charge in [0.1, 0.15) is 0 Å². The van der Waals surface area contributed by atoms with Crippen LogP contribution in [0.2, 0.25) is 0 Å². The summed E-state index contributed by atoms with van der Waals surface area (Å²) in [6.45, 7) is 12.2. The van der Waals surface area contributed by atoms with Crippen molar-refractivity contribution in [2.75, 3.05) is 19.7 Å². The lowest BCUT2D eigenvalue weighted by Gasteiger charge is -2.46. The van der Waals surface area contributed by atoms with E-state index in [1.165, 1.54) is 12.8 Å². The Morgan fingerprint density at radius 3 is 2.19 bits per heavy atom. The maximum Gasteiger partial charge on any atom is 0.0704 e. The van der Waals surface area contributed by atoms with Crippen molar-refractivity contribution in [3.8, 4) is 0 Å². The normalized spacial score (nSPS) is 35.8. The standard InChI is InChI=1S/C13H26N2O/c1-10-11(14)13(9-16-10)5-7-15(8-6-13)12(2,3)4/h10-11H,5-9,14H2,1-4H3/t10-,11+/m0/s1. The van der Waals surface area contributed by atoms with Gasteiger partial charge in [-0.15, -0.1) is 0 Å². The van der Waals surface area contributed by atoms with E-state index in [0.717, 1.165) is 19.7 Å². The zero-order valence-electron chi connectivity index (χ0n) is 11.1. The van der Waals surface area contributed by atoms with Crippen LogP contribution in [0, 0.1) is 5.41 Å². The lowest BCUT2D eigenvalue weighted by molar-refractivity contribution is 0.0288. The summed E-state index contributed by atoms with van der Waals surface area (Å²) in [6.07, 6.45) is 2.62. The number of hydrogen-bond donors (Lipinski definition) is 1. The summed E-state index contributed by atoms with van der Waals surface area (Å²) >= 11 is 0. The van der Waals surface area contributed by atoms with Gasteiger partial charge in [-0.05, 0) is 53.6 Å². The van der Waals surface area contributed by atoms with Crippen molar-refractivity contribution in [1.82, 2.24) is 4.90 Å². The first-order valence-electron chi connectivity index (χ1n) is 6.47. The summed E-state index contributed by atoms with van der Waals surface area (Å²) in [5.74, 6) is 0. The highest BCUT2D eigenvalue weighted by Gasteiger charge is 2.48. The van der Waals surface area contributed by atoms with Crippen molar-refractivity contribution in [2.24, 2.45) is 11.1 Å². The number of ether oxygens (including phenoxy) is 1. The van der Waals surface area contributed by atoms with E-state index in [-0.39, 0.29) is 23.1 Å². The van der Waals surface area contributed by atoms with Gasteiger partial charge >= 0.3 is 0 Å². The third-order valence-corrected chi connectivity index (χ3v) is 4.55. The first kappa shape index (κ1) is 12.3. The molecule has 2 rings (SSSR count). The molecule has 3 heteroatoms. The molecule has 2 atom stereocenters. The van der Waals surface area contributed by atoms with Crippen molar-refractivity contribution in [1.29, 1.82) is 0 Å². The van der Waals surface area contributed by atoms with Crippen molar-refractivity contribution in [3.05, 3.63) is 0 Å². The molecule has 3 nitrogen and oxygen atoms in total. The zero-order chi connectivity index (χ0) is 12.0. The van der Waals surface area contributed by atoms with E-state index < -0.39 is 0 Å². The van der Waals surface area contributed by atoms with Crippen molar-refractivity contribution >= 4 is 0 Å². The summed E-state index contributed by atoms with van der Waals surface area (Å²) in [6, 6.07) is 0.231. The number of nitrogens with zero attached hydrogens (tertiary/aromatic N) is 1. The Morgan fingerprint density at radius 1 is 1.25 bits per heavy atom. The Hall–Kier alpha value is -0.120. The van der Waals surface area contributed by atoms with Crippen molar-refractivity contribution in [2.45, 2.75) is 58.2 Å². The Bertz CT molecular complexity index is 251. The molecule has 2 heterocycles. The largest absolute Gasteiger partial charge is 0.376 e. The van der Waals surface area contributed by atoms with Crippen LogP contribution >= 0.6 is 0 Å². The van der Waals surface area contributed by atoms with E-state index in [9.17, 15) is 0 Å². The van der Waals surface area contributed by atoms with Gasteiger partial charge in [-0.1, -0.05) is 0 Å². The highest BCUT2D eigenvalue weighted by molar-refractivity contribution is 5.01. The Morgan fingerprint density at radius 2 is 1.81 bits per heavy atom. The fourth-order valence-corrected chi connectivity index (χ4v) is 3.10. The zero-order valence-corrected chi connectivity index (χ0v) is 11.1. The molecule has 1 spiro atoms. The molecule has 0 aromatic carbocycles. The fraction of sp³-hybridized carbons (Fsp3) is 1.00. The van der Waals surface area contributed by atoms with Crippen LogP contribution in [-0.2, 0) is 4.74 Å². The monoisotopic (exact) mass is 226 g/mol. The van der Waals surface area contributed by atoms with E-state index in [1.54, 1.807) is 0 Å². The lowest BCUT2D eigenvalue weighted by Crippen LogP contribution is -2.54. The van der Waals surface area contributed by atoms with Gasteiger partial charge in [0.05, 0.1) is 12.7 Å². The van der Waals surface area contributed by atoms with Crippen LogP contribution < -0.4 is 5.73 Å². The highest BCUT2D eigenvalue weighted by atomic mass is 16.5. The Labute approximate surface area is 99.3 Å². The topological polar surface area (TPSA) is 38.5 Å². The second-order valence-electron chi connectivity index (χ2n) is 6.56. The third-order valence-electron chi connectivity index (χ3n) is 4.55. The second-order valence-corrected chi connectivity index (χ2v) is 6.56. The first-order valence-corrected chi connectivity index (χ1v) is 6.47. The molecule has 2 fully saturated rings. The summed E-state index contributed by atoms with van der Waals surface area (Å²) < 4.78 is 5.74. The number of piperidine rings is 1. The van der Waals surface area contributed by atoms with Crippen LogP contribution in [0.4, 0.5) is 0 Å². The lowest BCUT2D eigenvalue weighted by atomic mass is 9.73. The number of likely N-dealkylation sites (tertiary alicyclic amines) is 1. The van der Waals surface area contributed by atoms with E-state index in [2.05, 4.69) is 32.6 Å². The fourth-order valence-electron chi connectivity index (χ4n) is 3.10. The average Bonchev–Trinajstić information content (AvgIpc) is 2.47. The summed E-state index contributed by atoms with van der Waals surface area (Å²) in [5.41, 5.74) is 6.85. The molecule has 0 aliphatic carbocycles. The minimum atomic E-state index is 0.231. The number of hydrogen-bond acceptors (Lipinski definition) is 3. The summed E-state index contributed by atoms with van der Waals surface area (Å²) in [4.78, 5) is 2.56. The van der Waals surface area contributed by atoms with Crippen LogP contribution in [0.3, 0.4) is 0 Å². The first-order chi connectivity index (χ1) is 7.35. The number of nitrogens with two attached hydrogens (primary N) is 1. The van der Waals surface area contributed by atoms with Gasteiger partial charge in [-0.25, -0.2) is 0 Å². The van der Waals surface area contributed by atoms with Crippen LogP contribution in [-0.4, -0.2) is 42.3 Å². The molecule has 0 amide bonds. The molecule has 94 valence electrons. The van der Waals surface area contributed by atoms with Crippen LogP contribution in [0.25, 0.3) is 0 Å². The van der Waals surface area contributed by atoms with E-state index in [0.29, 0.717) is 0 Å². The van der Waals surface area contributed by atoms with Crippen molar-refractivity contribution in [3.63, 3.8) is 0 Å². The van der Waals surface area contributed by atoms with Crippen molar-refractivity contribution < 1.29 is 4.74 Å². The van der Waals surface area contributed by atoms with E-state index >= 15 is 0 Å². The predicted molar refractivity (Wildman–Crippen MR) is 66.4 cm³/mol. The molecule has 0 radical (unpaired) electrons. The quantitative estimate of drug-likeness (QED) is 0.682. The molecule has 2 aliphatic rings. The van der Waals surface area contributed by atoms with Gasteiger partial charge in [-0.3, -0.25) is 4.90 Å². The van der Waals surface area contributed by atoms with Gasteiger partial charge in [0, 0.05) is 17.0 Å². The summed E-state index contributed by atoms with van der Waals surface area (Å²) in [7, 11) is 0.